The molecule has 0 aliphatic carbocycles. The third kappa shape index (κ3) is 4.29. The van der Waals surface area contributed by atoms with E-state index in [0.717, 1.165) is 12.1 Å². The Labute approximate surface area is 187 Å². The minimum Gasteiger partial charge on any atom is -0.497 e. The molecular formula is C24H18FN3O5. The standard InChI is InChI=1S/C24H18FN3O5/c1-32-15-8-9-17(23(12-15)33-2)21-13-18(16-5-3-4-6-20(16)27-21)24(29)26-14-7-10-19(25)22(11-14)28(30)31/h3-13H,1-2H3,(H,26,29). The number of aromatic nitrogens is 1. The summed E-state index contributed by atoms with van der Waals surface area (Å²) in [4.78, 5) is 28.0. The van der Waals surface area contributed by atoms with Gasteiger partial charge in [0, 0.05) is 28.8 Å². The van der Waals surface area contributed by atoms with Crippen LogP contribution < -0.4 is 14.8 Å². The summed E-state index contributed by atoms with van der Waals surface area (Å²) < 4.78 is 24.4. The van der Waals surface area contributed by atoms with E-state index in [1.54, 1.807) is 55.6 Å². The molecule has 0 fully saturated rings. The molecule has 4 aromatic rings. The number of nitrogens with zero attached hydrogens (tertiary/aromatic N) is 2. The highest BCUT2D eigenvalue weighted by Gasteiger charge is 2.19. The maximum Gasteiger partial charge on any atom is 0.306 e. The fourth-order valence-corrected chi connectivity index (χ4v) is 3.44. The summed E-state index contributed by atoms with van der Waals surface area (Å²) in [5.74, 6) is -0.394. The molecule has 0 aliphatic rings. The number of rotatable bonds is 6. The third-order valence-electron chi connectivity index (χ3n) is 5.05. The van der Waals surface area contributed by atoms with Crippen molar-refractivity contribution in [3.8, 4) is 22.8 Å². The van der Waals surface area contributed by atoms with Gasteiger partial charge in [0.05, 0.1) is 35.9 Å². The third-order valence-corrected chi connectivity index (χ3v) is 5.05. The number of hydrogen-bond acceptors (Lipinski definition) is 6. The lowest BCUT2D eigenvalue weighted by molar-refractivity contribution is -0.387. The lowest BCUT2D eigenvalue weighted by Gasteiger charge is -2.13. The van der Waals surface area contributed by atoms with Gasteiger partial charge in [-0.1, -0.05) is 18.2 Å². The highest BCUT2D eigenvalue weighted by Crippen LogP contribution is 2.34. The van der Waals surface area contributed by atoms with E-state index >= 15 is 0 Å². The monoisotopic (exact) mass is 447 g/mol. The van der Waals surface area contributed by atoms with Crippen LogP contribution in [0, 0.1) is 15.9 Å². The number of nitro benzene ring substituents is 1. The van der Waals surface area contributed by atoms with E-state index in [2.05, 4.69) is 10.3 Å². The van der Waals surface area contributed by atoms with Crippen LogP contribution >= 0.6 is 0 Å². The smallest absolute Gasteiger partial charge is 0.306 e. The molecular weight excluding hydrogens is 429 g/mol. The Kier molecular flexibility index (Phi) is 5.86. The number of carbonyl (C=O) groups is 1. The van der Waals surface area contributed by atoms with Crippen LogP contribution in [-0.2, 0) is 0 Å². The summed E-state index contributed by atoms with van der Waals surface area (Å²) in [6.45, 7) is 0. The number of para-hydroxylation sites is 1. The van der Waals surface area contributed by atoms with Crippen molar-refractivity contribution < 1.29 is 23.6 Å². The number of carbonyl (C=O) groups excluding carboxylic acids is 1. The van der Waals surface area contributed by atoms with Crippen LogP contribution in [0.2, 0.25) is 0 Å². The van der Waals surface area contributed by atoms with E-state index in [-0.39, 0.29) is 5.69 Å². The van der Waals surface area contributed by atoms with Crippen molar-refractivity contribution in [2.24, 2.45) is 0 Å². The van der Waals surface area contributed by atoms with E-state index < -0.39 is 22.3 Å². The van der Waals surface area contributed by atoms with Crippen molar-refractivity contribution in [3.05, 3.63) is 88.2 Å². The number of benzene rings is 3. The number of pyridine rings is 1. The highest BCUT2D eigenvalue weighted by atomic mass is 19.1. The van der Waals surface area contributed by atoms with Crippen molar-refractivity contribution in [2.45, 2.75) is 0 Å². The Morgan fingerprint density at radius 3 is 2.55 bits per heavy atom. The van der Waals surface area contributed by atoms with Crippen LogP contribution in [0.5, 0.6) is 11.5 Å². The summed E-state index contributed by atoms with van der Waals surface area (Å²) >= 11 is 0. The van der Waals surface area contributed by atoms with Gasteiger partial charge in [-0.3, -0.25) is 14.9 Å². The van der Waals surface area contributed by atoms with Gasteiger partial charge >= 0.3 is 5.69 Å². The first-order valence-electron chi connectivity index (χ1n) is 9.78. The molecule has 0 saturated carbocycles. The number of amides is 1. The molecule has 3 aromatic carbocycles. The molecule has 1 amide bonds. The Bertz CT molecular complexity index is 1390. The molecule has 1 aromatic heterocycles. The largest absolute Gasteiger partial charge is 0.497 e. The van der Waals surface area contributed by atoms with Crippen LogP contribution in [0.4, 0.5) is 15.8 Å². The van der Waals surface area contributed by atoms with Gasteiger partial charge in [0.1, 0.15) is 11.5 Å². The van der Waals surface area contributed by atoms with Crippen LogP contribution in [0.1, 0.15) is 10.4 Å². The molecule has 0 radical (unpaired) electrons. The van der Waals surface area contributed by atoms with Gasteiger partial charge in [0.25, 0.3) is 5.91 Å². The van der Waals surface area contributed by atoms with E-state index in [4.69, 9.17) is 9.47 Å². The van der Waals surface area contributed by atoms with Gasteiger partial charge < -0.3 is 14.8 Å². The van der Waals surface area contributed by atoms with Crippen LogP contribution in [-0.4, -0.2) is 30.0 Å². The van der Waals surface area contributed by atoms with Gasteiger partial charge in [-0.05, 0) is 36.4 Å². The number of nitro groups is 1. The first-order valence-corrected chi connectivity index (χ1v) is 9.78. The van der Waals surface area contributed by atoms with E-state index in [9.17, 15) is 19.3 Å². The van der Waals surface area contributed by atoms with Gasteiger partial charge in [-0.15, -0.1) is 0 Å². The molecule has 9 heteroatoms. The number of anilines is 1. The quantitative estimate of drug-likeness (QED) is 0.321. The zero-order valence-corrected chi connectivity index (χ0v) is 17.7. The molecule has 33 heavy (non-hydrogen) atoms. The van der Waals surface area contributed by atoms with E-state index in [1.807, 2.05) is 0 Å². The molecule has 8 nitrogen and oxygen atoms in total. The van der Waals surface area contributed by atoms with Gasteiger partial charge in [-0.2, -0.15) is 4.39 Å². The highest BCUT2D eigenvalue weighted by molar-refractivity contribution is 6.13. The normalized spacial score (nSPS) is 10.6. The van der Waals surface area contributed by atoms with Crippen LogP contribution in [0.3, 0.4) is 0 Å². The molecule has 0 saturated heterocycles. The molecule has 166 valence electrons. The minimum absolute atomic E-state index is 0.0950. The Hall–Kier alpha value is -4.53. The molecule has 0 aliphatic heterocycles. The summed E-state index contributed by atoms with van der Waals surface area (Å²) in [5, 5.41) is 14.2. The summed E-state index contributed by atoms with van der Waals surface area (Å²) in [6, 6.07) is 17.1. The summed E-state index contributed by atoms with van der Waals surface area (Å²) in [5.41, 5.74) is 1.37. The molecule has 1 heterocycles. The molecule has 1 N–H and O–H groups in total. The molecule has 4 rings (SSSR count). The zero-order valence-electron chi connectivity index (χ0n) is 17.7. The molecule has 0 atom stereocenters. The SMILES string of the molecule is COc1ccc(-c2cc(C(=O)Nc3ccc(F)c([N+](=O)[O-])c3)c3ccccc3n2)c(OC)c1. The Balaban J connectivity index is 1.81. The summed E-state index contributed by atoms with van der Waals surface area (Å²) in [6.07, 6.45) is 0. The van der Waals surface area contributed by atoms with Gasteiger partial charge in [-0.25, -0.2) is 4.98 Å². The zero-order chi connectivity index (χ0) is 23.5. The predicted octanol–water partition coefficient (Wildman–Crippen LogP) is 5.22. The second kappa shape index (κ2) is 8.91. The first-order chi connectivity index (χ1) is 15.9. The average Bonchev–Trinajstić information content (AvgIpc) is 2.83. The van der Waals surface area contributed by atoms with E-state index in [0.29, 0.717) is 39.2 Å². The lowest BCUT2D eigenvalue weighted by Crippen LogP contribution is -2.13. The van der Waals surface area contributed by atoms with Crippen LogP contribution in [0.15, 0.2) is 66.7 Å². The van der Waals surface area contributed by atoms with Gasteiger partial charge in [0.2, 0.25) is 5.82 Å². The predicted molar refractivity (Wildman–Crippen MR) is 121 cm³/mol. The minimum atomic E-state index is -0.985. The lowest BCUT2D eigenvalue weighted by atomic mass is 10.0. The first kappa shape index (κ1) is 21.7. The number of halogens is 1. The molecule has 0 bridgehead atoms. The Morgan fingerprint density at radius 1 is 1.03 bits per heavy atom. The number of methoxy groups -OCH3 is 2. The van der Waals surface area contributed by atoms with Crippen LogP contribution in [0.25, 0.3) is 22.2 Å². The molecule has 0 unspecified atom stereocenters. The van der Waals surface area contributed by atoms with Crippen molar-refractivity contribution in [1.82, 2.24) is 4.98 Å². The van der Waals surface area contributed by atoms with Gasteiger partial charge in [0.15, 0.2) is 0 Å². The second-order valence-corrected chi connectivity index (χ2v) is 7.02. The molecule has 0 spiro atoms. The average molecular weight is 447 g/mol. The van der Waals surface area contributed by atoms with Crippen molar-refractivity contribution in [1.29, 1.82) is 0 Å². The number of ether oxygens (including phenoxy) is 2. The second-order valence-electron chi connectivity index (χ2n) is 7.02. The topological polar surface area (TPSA) is 104 Å². The number of nitrogens with one attached hydrogen (secondary N) is 1. The number of fused-ring (bicyclic) bond motifs is 1. The van der Waals surface area contributed by atoms with Crippen molar-refractivity contribution >= 4 is 28.2 Å². The fraction of sp³-hybridized carbons (Fsp3) is 0.0833. The summed E-state index contributed by atoms with van der Waals surface area (Å²) in [7, 11) is 3.07. The maximum atomic E-state index is 13.7. The fourth-order valence-electron chi connectivity index (χ4n) is 3.44. The maximum absolute atomic E-state index is 13.7. The Morgan fingerprint density at radius 2 is 1.82 bits per heavy atom. The van der Waals surface area contributed by atoms with E-state index in [1.165, 1.54) is 13.2 Å². The van der Waals surface area contributed by atoms with Crippen molar-refractivity contribution in [3.63, 3.8) is 0 Å². The van der Waals surface area contributed by atoms with Crippen molar-refractivity contribution in [2.75, 3.05) is 19.5 Å². The number of hydrogen-bond donors (Lipinski definition) is 1.